The number of hydrogen-bond donors (Lipinski definition) is 0. The predicted octanol–water partition coefficient (Wildman–Crippen LogP) is 3.09. The zero-order valence-corrected chi connectivity index (χ0v) is 11.1. The maximum absolute atomic E-state index is 12.9. The first-order chi connectivity index (χ1) is 8.04. The molecule has 92 valence electrons. The molecule has 0 N–H and O–H groups in total. The number of rotatable bonds is 4. The Morgan fingerprint density at radius 3 is 2.88 bits per heavy atom. The highest BCUT2D eigenvalue weighted by Crippen LogP contribution is 2.25. The predicted molar refractivity (Wildman–Crippen MR) is 65.4 cm³/mol. The molecule has 1 aromatic rings. The van der Waals surface area contributed by atoms with Crippen molar-refractivity contribution in [1.29, 1.82) is 0 Å². The molecule has 3 nitrogen and oxygen atoms in total. The summed E-state index contributed by atoms with van der Waals surface area (Å²) >= 11 is 3.24. The molecule has 0 spiro atoms. The Balaban J connectivity index is 2.62. The first kappa shape index (κ1) is 13.7. The van der Waals surface area contributed by atoms with Crippen LogP contribution in [0, 0.1) is 5.82 Å². The Kier molecular flexibility index (Phi) is 5.15. The Labute approximate surface area is 107 Å². The molecule has 0 aliphatic carbocycles. The molecule has 0 saturated carbocycles. The summed E-state index contributed by atoms with van der Waals surface area (Å²) in [6.45, 7) is 1.79. The van der Waals surface area contributed by atoms with Gasteiger partial charge < -0.3 is 9.47 Å². The zero-order valence-electron chi connectivity index (χ0n) is 9.50. The lowest BCUT2D eigenvalue weighted by Gasteiger charge is -2.06. The van der Waals surface area contributed by atoms with Gasteiger partial charge in [0.15, 0.2) is 0 Å². The largest absolute Gasteiger partial charge is 0.488 e. The van der Waals surface area contributed by atoms with Gasteiger partial charge in [-0.15, -0.1) is 0 Å². The van der Waals surface area contributed by atoms with Crippen LogP contribution in [0.5, 0.6) is 5.75 Å². The summed E-state index contributed by atoms with van der Waals surface area (Å²) < 4.78 is 23.4. The van der Waals surface area contributed by atoms with Crippen molar-refractivity contribution in [3.8, 4) is 5.75 Å². The van der Waals surface area contributed by atoms with E-state index in [9.17, 15) is 9.18 Å². The molecule has 0 unspecified atom stereocenters. The van der Waals surface area contributed by atoms with Crippen LogP contribution in [-0.2, 0) is 9.53 Å². The molecule has 1 aromatic carbocycles. The second-order valence-electron chi connectivity index (χ2n) is 3.26. The van der Waals surface area contributed by atoms with Crippen LogP contribution in [0.15, 0.2) is 34.3 Å². The molecule has 0 aliphatic heterocycles. The Morgan fingerprint density at radius 1 is 1.53 bits per heavy atom. The number of esters is 1. The molecular weight excluding hydrogens is 291 g/mol. The molecule has 0 aliphatic rings. The molecule has 0 fully saturated rings. The Morgan fingerprint density at radius 2 is 2.24 bits per heavy atom. The summed E-state index contributed by atoms with van der Waals surface area (Å²) in [5.74, 6) is -0.400. The third-order valence-corrected chi connectivity index (χ3v) is 2.68. The number of carbonyl (C=O) groups excluding carboxylic acids is 1. The van der Waals surface area contributed by atoms with Crippen molar-refractivity contribution >= 4 is 21.9 Å². The lowest BCUT2D eigenvalue weighted by Crippen LogP contribution is -2.04. The normalized spacial score (nSPS) is 11.2. The first-order valence-electron chi connectivity index (χ1n) is 4.87. The van der Waals surface area contributed by atoms with Gasteiger partial charge in [-0.3, -0.25) is 0 Å². The molecular formula is C12H12BrFO3. The van der Waals surface area contributed by atoms with Gasteiger partial charge in [0, 0.05) is 11.6 Å². The molecule has 0 atom stereocenters. The van der Waals surface area contributed by atoms with Gasteiger partial charge in [-0.25, -0.2) is 9.18 Å². The van der Waals surface area contributed by atoms with Crippen molar-refractivity contribution in [2.75, 3.05) is 13.7 Å². The summed E-state index contributed by atoms with van der Waals surface area (Å²) in [6.07, 6.45) is 1.57. The topological polar surface area (TPSA) is 35.5 Å². The van der Waals surface area contributed by atoms with E-state index in [0.29, 0.717) is 15.8 Å². The van der Waals surface area contributed by atoms with Crippen LogP contribution in [0.1, 0.15) is 6.92 Å². The van der Waals surface area contributed by atoms with E-state index in [4.69, 9.17) is 4.74 Å². The van der Waals surface area contributed by atoms with Crippen LogP contribution in [0.2, 0.25) is 0 Å². The van der Waals surface area contributed by atoms with Crippen molar-refractivity contribution in [2.45, 2.75) is 6.92 Å². The maximum Gasteiger partial charge on any atom is 0.333 e. The fourth-order valence-corrected chi connectivity index (χ4v) is 1.45. The highest BCUT2D eigenvalue weighted by atomic mass is 79.9. The van der Waals surface area contributed by atoms with E-state index < -0.39 is 5.97 Å². The summed E-state index contributed by atoms with van der Waals surface area (Å²) in [5.41, 5.74) is 0.444. The van der Waals surface area contributed by atoms with E-state index in [1.807, 2.05) is 0 Å². The van der Waals surface area contributed by atoms with Crippen LogP contribution < -0.4 is 4.74 Å². The van der Waals surface area contributed by atoms with Gasteiger partial charge in [0.05, 0.1) is 11.6 Å². The summed E-state index contributed by atoms with van der Waals surface area (Å²) in [6, 6.07) is 4.15. The smallest absolute Gasteiger partial charge is 0.333 e. The van der Waals surface area contributed by atoms with Crippen LogP contribution in [0.4, 0.5) is 4.39 Å². The quantitative estimate of drug-likeness (QED) is 0.633. The number of hydrogen-bond acceptors (Lipinski definition) is 3. The summed E-state index contributed by atoms with van der Waals surface area (Å²) in [5, 5.41) is 0. The lowest BCUT2D eigenvalue weighted by molar-refractivity contribution is -0.136. The molecule has 5 heteroatoms. The Hall–Kier alpha value is -1.36. The standard InChI is InChI=1S/C12H12BrFO3/c1-8(12(15)16-2)5-6-17-11-7-9(14)3-4-10(11)13/h3-5,7H,6H2,1-2H3/b8-5+. The number of methoxy groups -OCH3 is 1. The number of halogens is 2. The molecule has 0 saturated heterocycles. The van der Waals surface area contributed by atoms with Crippen molar-refractivity contribution in [1.82, 2.24) is 0 Å². The lowest BCUT2D eigenvalue weighted by atomic mass is 10.3. The van der Waals surface area contributed by atoms with Crippen molar-refractivity contribution in [3.63, 3.8) is 0 Å². The van der Waals surface area contributed by atoms with Crippen molar-refractivity contribution in [2.24, 2.45) is 0 Å². The zero-order chi connectivity index (χ0) is 12.8. The van der Waals surface area contributed by atoms with Gasteiger partial charge >= 0.3 is 5.97 Å². The molecule has 0 aromatic heterocycles. The average molecular weight is 303 g/mol. The Bertz CT molecular complexity index is 443. The molecule has 0 radical (unpaired) electrons. The average Bonchev–Trinajstić information content (AvgIpc) is 2.32. The van der Waals surface area contributed by atoms with E-state index in [1.54, 1.807) is 19.1 Å². The van der Waals surface area contributed by atoms with E-state index in [1.165, 1.54) is 19.2 Å². The van der Waals surface area contributed by atoms with Crippen LogP contribution in [0.25, 0.3) is 0 Å². The minimum absolute atomic E-state index is 0.170. The molecule has 0 bridgehead atoms. The minimum atomic E-state index is -0.410. The molecule has 0 heterocycles. The molecule has 1 rings (SSSR count). The van der Waals surface area contributed by atoms with E-state index >= 15 is 0 Å². The fraction of sp³-hybridized carbons (Fsp3) is 0.250. The summed E-state index contributed by atoms with van der Waals surface area (Å²) in [4.78, 5) is 11.1. The number of benzene rings is 1. The first-order valence-corrected chi connectivity index (χ1v) is 5.67. The fourth-order valence-electron chi connectivity index (χ4n) is 1.09. The van der Waals surface area contributed by atoms with Crippen LogP contribution >= 0.6 is 15.9 Å². The van der Waals surface area contributed by atoms with Gasteiger partial charge in [0.2, 0.25) is 0 Å². The second kappa shape index (κ2) is 6.39. The maximum atomic E-state index is 12.9. The summed E-state index contributed by atoms with van der Waals surface area (Å²) in [7, 11) is 1.31. The SMILES string of the molecule is COC(=O)/C(C)=C/COc1cc(F)ccc1Br. The van der Waals surface area contributed by atoms with Crippen LogP contribution in [-0.4, -0.2) is 19.7 Å². The van der Waals surface area contributed by atoms with E-state index in [0.717, 1.165) is 0 Å². The monoisotopic (exact) mass is 302 g/mol. The van der Waals surface area contributed by atoms with Gasteiger partial charge in [0.25, 0.3) is 0 Å². The minimum Gasteiger partial charge on any atom is -0.488 e. The van der Waals surface area contributed by atoms with E-state index in [-0.39, 0.29) is 12.4 Å². The van der Waals surface area contributed by atoms with Gasteiger partial charge in [-0.1, -0.05) is 0 Å². The third kappa shape index (κ3) is 4.19. The number of carbonyl (C=O) groups is 1. The second-order valence-corrected chi connectivity index (χ2v) is 4.12. The van der Waals surface area contributed by atoms with E-state index in [2.05, 4.69) is 20.7 Å². The number of ether oxygens (including phenoxy) is 2. The van der Waals surface area contributed by atoms with Crippen molar-refractivity contribution < 1.29 is 18.7 Å². The van der Waals surface area contributed by atoms with Crippen LogP contribution in [0.3, 0.4) is 0 Å². The highest BCUT2D eigenvalue weighted by molar-refractivity contribution is 9.10. The molecule has 0 amide bonds. The molecule has 17 heavy (non-hydrogen) atoms. The van der Waals surface area contributed by atoms with Crippen molar-refractivity contribution in [3.05, 3.63) is 40.1 Å². The third-order valence-electron chi connectivity index (χ3n) is 2.03. The van der Waals surface area contributed by atoms with Gasteiger partial charge in [-0.2, -0.15) is 0 Å². The van der Waals surface area contributed by atoms with Gasteiger partial charge in [-0.05, 0) is 41.1 Å². The van der Waals surface area contributed by atoms with Gasteiger partial charge in [0.1, 0.15) is 18.2 Å². The highest BCUT2D eigenvalue weighted by Gasteiger charge is 2.04.